The summed E-state index contributed by atoms with van der Waals surface area (Å²) < 4.78 is 0. The molecule has 0 aliphatic heterocycles. The first-order valence-electron chi connectivity index (χ1n) is 5.78. The maximum atomic E-state index is 10.4. The summed E-state index contributed by atoms with van der Waals surface area (Å²) in [6.07, 6.45) is 7.44. The highest BCUT2D eigenvalue weighted by molar-refractivity contribution is 5.11. The summed E-state index contributed by atoms with van der Waals surface area (Å²) >= 11 is 0. The molecule has 1 aliphatic carbocycles. The molecular formula is C12H21NO2. The van der Waals surface area contributed by atoms with Crippen molar-refractivity contribution < 1.29 is 4.92 Å². The van der Waals surface area contributed by atoms with Gasteiger partial charge >= 0.3 is 0 Å². The van der Waals surface area contributed by atoms with E-state index >= 15 is 0 Å². The quantitative estimate of drug-likeness (QED) is 0.398. The van der Waals surface area contributed by atoms with E-state index in [1.165, 1.54) is 6.42 Å². The summed E-state index contributed by atoms with van der Waals surface area (Å²) in [4.78, 5) is 10.2. The molecule has 0 amide bonds. The lowest BCUT2D eigenvalue weighted by Gasteiger charge is -2.30. The van der Waals surface area contributed by atoms with Crippen LogP contribution in [-0.2, 0) is 0 Å². The van der Waals surface area contributed by atoms with Gasteiger partial charge in [-0.1, -0.05) is 39.3 Å². The summed E-state index contributed by atoms with van der Waals surface area (Å²) in [5.41, 5.74) is 0.220. The minimum atomic E-state index is -0.206. The van der Waals surface area contributed by atoms with Crippen LogP contribution in [0, 0.1) is 27.4 Å². The molecule has 86 valence electrons. The summed E-state index contributed by atoms with van der Waals surface area (Å²) in [6.45, 7) is 6.75. The van der Waals surface area contributed by atoms with Crippen molar-refractivity contribution in [1.82, 2.24) is 0 Å². The highest BCUT2D eigenvalue weighted by atomic mass is 16.6. The molecule has 0 saturated heterocycles. The zero-order chi connectivity index (χ0) is 11.5. The Balaban J connectivity index is 2.57. The maximum absolute atomic E-state index is 10.4. The minimum absolute atomic E-state index is 0.102. The van der Waals surface area contributed by atoms with Gasteiger partial charge in [-0.25, -0.2) is 0 Å². The standard InChI is InChI=1S/C12H21NO2/c1-4-5-11-10(7-9-13(14)15)6-8-12(11,2)3/h6,8,10-11H,4-5,7,9H2,1-3H3. The normalized spacial score (nSPS) is 28.2. The van der Waals surface area contributed by atoms with Gasteiger partial charge in [-0.05, 0) is 23.7 Å². The first kappa shape index (κ1) is 12.2. The van der Waals surface area contributed by atoms with Gasteiger partial charge < -0.3 is 0 Å². The second-order valence-electron chi connectivity index (χ2n) is 5.08. The smallest absolute Gasteiger partial charge is 0.204 e. The third-order valence-electron chi connectivity index (χ3n) is 3.49. The molecule has 0 aromatic heterocycles. The van der Waals surface area contributed by atoms with Crippen molar-refractivity contribution in [3.05, 3.63) is 22.3 Å². The van der Waals surface area contributed by atoms with Crippen molar-refractivity contribution in [2.75, 3.05) is 6.54 Å². The van der Waals surface area contributed by atoms with Gasteiger partial charge in [0.25, 0.3) is 0 Å². The van der Waals surface area contributed by atoms with Crippen LogP contribution in [0.5, 0.6) is 0 Å². The molecule has 2 unspecified atom stereocenters. The zero-order valence-corrected chi connectivity index (χ0v) is 9.90. The fourth-order valence-corrected chi connectivity index (χ4v) is 2.63. The summed E-state index contributed by atoms with van der Waals surface area (Å²) in [5.74, 6) is 0.993. The lowest BCUT2D eigenvalue weighted by Crippen LogP contribution is -2.24. The summed E-state index contributed by atoms with van der Waals surface area (Å²) in [7, 11) is 0. The maximum Gasteiger partial charge on any atom is 0.204 e. The van der Waals surface area contributed by atoms with Gasteiger partial charge in [-0.15, -0.1) is 0 Å². The van der Waals surface area contributed by atoms with E-state index in [0.29, 0.717) is 18.3 Å². The molecule has 0 aromatic carbocycles. The molecule has 0 spiro atoms. The van der Waals surface area contributed by atoms with Crippen molar-refractivity contribution in [2.24, 2.45) is 17.3 Å². The third kappa shape index (κ3) is 3.05. The fraction of sp³-hybridized carbons (Fsp3) is 0.833. The zero-order valence-electron chi connectivity index (χ0n) is 9.90. The van der Waals surface area contributed by atoms with Crippen molar-refractivity contribution in [3.63, 3.8) is 0 Å². The lowest BCUT2D eigenvalue weighted by molar-refractivity contribution is -0.481. The third-order valence-corrected chi connectivity index (χ3v) is 3.49. The number of hydrogen-bond donors (Lipinski definition) is 0. The van der Waals surface area contributed by atoms with Gasteiger partial charge in [0.1, 0.15) is 0 Å². The monoisotopic (exact) mass is 211 g/mol. The Labute approximate surface area is 91.7 Å². The molecule has 0 saturated carbocycles. The van der Waals surface area contributed by atoms with Crippen LogP contribution in [0.1, 0.15) is 40.0 Å². The van der Waals surface area contributed by atoms with E-state index in [9.17, 15) is 10.1 Å². The molecule has 15 heavy (non-hydrogen) atoms. The Morgan fingerprint density at radius 2 is 2.07 bits per heavy atom. The predicted molar refractivity (Wildman–Crippen MR) is 61.3 cm³/mol. The Morgan fingerprint density at radius 1 is 1.40 bits per heavy atom. The Morgan fingerprint density at radius 3 is 2.60 bits per heavy atom. The second kappa shape index (κ2) is 4.77. The van der Waals surface area contributed by atoms with Crippen molar-refractivity contribution >= 4 is 0 Å². The topological polar surface area (TPSA) is 43.1 Å². The average Bonchev–Trinajstić information content (AvgIpc) is 2.41. The number of nitro groups is 1. The molecule has 1 aliphatic rings. The first-order valence-corrected chi connectivity index (χ1v) is 5.78. The molecule has 0 fully saturated rings. The van der Waals surface area contributed by atoms with E-state index < -0.39 is 0 Å². The average molecular weight is 211 g/mol. The van der Waals surface area contributed by atoms with Crippen molar-refractivity contribution in [2.45, 2.75) is 40.0 Å². The van der Waals surface area contributed by atoms with Crippen LogP contribution in [0.3, 0.4) is 0 Å². The van der Waals surface area contributed by atoms with Crippen LogP contribution in [-0.4, -0.2) is 11.5 Å². The molecule has 0 aromatic rings. The van der Waals surface area contributed by atoms with Gasteiger partial charge in [-0.3, -0.25) is 10.1 Å². The summed E-state index contributed by atoms with van der Waals surface area (Å²) in [6, 6.07) is 0. The SMILES string of the molecule is CCCC1C(CC[N+](=O)[O-])C=CC1(C)C. The summed E-state index contributed by atoms with van der Waals surface area (Å²) in [5, 5.41) is 10.4. The van der Waals surface area contributed by atoms with Crippen LogP contribution in [0.4, 0.5) is 0 Å². The fourth-order valence-electron chi connectivity index (χ4n) is 2.63. The van der Waals surface area contributed by atoms with Gasteiger partial charge in [0, 0.05) is 11.3 Å². The molecular weight excluding hydrogens is 190 g/mol. The Bertz CT molecular complexity index is 258. The minimum Gasteiger partial charge on any atom is -0.265 e. The van der Waals surface area contributed by atoms with Gasteiger partial charge in [0.05, 0.1) is 0 Å². The highest BCUT2D eigenvalue weighted by Gasteiger charge is 2.36. The van der Waals surface area contributed by atoms with Gasteiger partial charge in [-0.2, -0.15) is 0 Å². The number of allylic oxidation sites excluding steroid dienone is 2. The lowest BCUT2D eigenvalue weighted by atomic mass is 9.74. The Kier molecular flexibility index (Phi) is 3.89. The van der Waals surface area contributed by atoms with Crippen LogP contribution in [0.2, 0.25) is 0 Å². The van der Waals surface area contributed by atoms with Crippen LogP contribution < -0.4 is 0 Å². The molecule has 0 heterocycles. The van der Waals surface area contributed by atoms with Gasteiger partial charge in [0.15, 0.2) is 0 Å². The van der Waals surface area contributed by atoms with E-state index in [4.69, 9.17) is 0 Å². The predicted octanol–water partition coefficient (Wildman–Crippen LogP) is 3.28. The molecule has 0 radical (unpaired) electrons. The molecule has 0 bridgehead atoms. The Hall–Kier alpha value is -0.860. The highest BCUT2D eigenvalue weighted by Crippen LogP contribution is 2.44. The van der Waals surface area contributed by atoms with E-state index in [2.05, 4.69) is 32.9 Å². The van der Waals surface area contributed by atoms with E-state index in [0.717, 1.165) is 6.42 Å². The van der Waals surface area contributed by atoms with Crippen molar-refractivity contribution in [1.29, 1.82) is 0 Å². The largest absolute Gasteiger partial charge is 0.265 e. The van der Waals surface area contributed by atoms with Gasteiger partial charge in [0.2, 0.25) is 6.54 Å². The second-order valence-corrected chi connectivity index (χ2v) is 5.08. The van der Waals surface area contributed by atoms with Crippen LogP contribution >= 0.6 is 0 Å². The number of rotatable bonds is 5. The molecule has 2 atom stereocenters. The first-order chi connectivity index (χ1) is 6.97. The van der Waals surface area contributed by atoms with E-state index in [-0.39, 0.29) is 16.9 Å². The molecule has 0 N–H and O–H groups in total. The van der Waals surface area contributed by atoms with E-state index in [1.54, 1.807) is 0 Å². The molecule has 3 heteroatoms. The molecule has 1 rings (SSSR count). The number of nitrogens with zero attached hydrogens (tertiary/aromatic N) is 1. The van der Waals surface area contributed by atoms with Crippen LogP contribution in [0.25, 0.3) is 0 Å². The van der Waals surface area contributed by atoms with E-state index in [1.807, 2.05) is 0 Å². The van der Waals surface area contributed by atoms with Crippen molar-refractivity contribution in [3.8, 4) is 0 Å². The number of hydrogen-bond acceptors (Lipinski definition) is 2. The molecule has 3 nitrogen and oxygen atoms in total. The van der Waals surface area contributed by atoms with Crippen LogP contribution in [0.15, 0.2) is 12.2 Å².